The molecule has 6 heteroatoms. The van der Waals surface area contributed by atoms with E-state index in [-0.39, 0.29) is 11.4 Å². The first kappa shape index (κ1) is 15.7. The maximum Gasteiger partial charge on any atom is 0.143 e. The van der Waals surface area contributed by atoms with Crippen molar-refractivity contribution in [1.29, 1.82) is 5.26 Å². The predicted octanol–water partition coefficient (Wildman–Crippen LogP) is 3.77. The summed E-state index contributed by atoms with van der Waals surface area (Å²) < 4.78 is 28.9. The lowest BCUT2D eigenvalue weighted by atomic mass is 10.0. The van der Waals surface area contributed by atoms with E-state index in [1.54, 1.807) is 30.6 Å². The number of hydrogen-bond donors (Lipinski definition) is 1. The van der Waals surface area contributed by atoms with Gasteiger partial charge in [-0.3, -0.25) is 0 Å². The number of rotatable bonds is 4. The minimum absolute atomic E-state index is 0.0705. The Labute approximate surface area is 138 Å². The summed E-state index contributed by atoms with van der Waals surface area (Å²) >= 11 is 0. The van der Waals surface area contributed by atoms with Crippen LogP contribution in [0.3, 0.4) is 0 Å². The summed E-state index contributed by atoms with van der Waals surface area (Å²) in [5.41, 5.74) is 1.03. The van der Waals surface area contributed by atoms with Crippen LogP contribution in [0.5, 0.6) is 0 Å². The molecule has 1 aromatic heterocycles. The SMILES string of the molecule is Cn1ccnc1[C@@H](Nc1cccc(F)c1C#N)c1ccc(F)cc1. The van der Waals surface area contributed by atoms with Crippen molar-refractivity contribution in [3.63, 3.8) is 0 Å². The van der Waals surface area contributed by atoms with Gasteiger partial charge in [0.05, 0.1) is 5.69 Å². The van der Waals surface area contributed by atoms with Gasteiger partial charge in [0.2, 0.25) is 0 Å². The van der Waals surface area contributed by atoms with Gasteiger partial charge in [-0.05, 0) is 29.8 Å². The number of nitriles is 1. The van der Waals surface area contributed by atoms with E-state index in [0.29, 0.717) is 11.5 Å². The van der Waals surface area contributed by atoms with E-state index in [4.69, 9.17) is 0 Å². The molecule has 0 bridgehead atoms. The van der Waals surface area contributed by atoms with Crippen LogP contribution in [0.15, 0.2) is 54.9 Å². The second-order valence-electron chi connectivity index (χ2n) is 5.30. The van der Waals surface area contributed by atoms with Crippen LogP contribution in [0.2, 0.25) is 0 Å². The number of hydrogen-bond acceptors (Lipinski definition) is 3. The quantitative estimate of drug-likeness (QED) is 0.795. The summed E-state index contributed by atoms with van der Waals surface area (Å²) in [6.07, 6.45) is 3.43. The number of imidazole rings is 1. The molecule has 24 heavy (non-hydrogen) atoms. The molecule has 0 radical (unpaired) electrons. The highest BCUT2D eigenvalue weighted by atomic mass is 19.1. The highest BCUT2D eigenvalue weighted by Crippen LogP contribution is 2.28. The van der Waals surface area contributed by atoms with Crippen molar-refractivity contribution in [3.8, 4) is 6.07 Å². The fourth-order valence-electron chi connectivity index (χ4n) is 2.52. The number of nitrogens with zero attached hydrogens (tertiary/aromatic N) is 3. The third-order valence-corrected chi connectivity index (χ3v) is 3.75. The molecular weight excluding hydrogens is 310 g/mol. The van der Waals surface area contributed by atoms with Crippen LogP contribution < -0.4 is 5.32 Å². The Morgan fingerprint density at radius 2 is 1.92 bits per heavy atom. The second-order valence-corrected chi connectivity index (χ2v) is 5.30. The van der Waals surface area contributed by atoms with E-state index >= 15 is 0 Å². The molecule has 4 nitrogen and oxygen atoms in total. The van der Waals surface area contributed by atoms with Crippen molar-refractivity contribution in [1.82, 2.24) is 9.55 Å². The first-order valence-corrected chi connectivity index (χ1v) is 7.28. The van der Waals surface area contributed by atoms with Crippen LogP contribution in [-0.2, 0) is 7.05 Å². The molecule has 0 aliphatic rings. The van der Waals surface area contributed by atoms with Gasteiger partial charge in [0.15, 0.2) is 0 Å². The van der Waals surface area contributed by atoms with E-state index in [0.717, 1.165) is 5.56 Å². The lowest BCUT2D eigenvalue weighted by Crippen LogP contribution is -2.17. The Hall–Kier alpha value is -3.20. The van der Waals surface area contributed by atoms with Crippen molar-refractivity contribution in [2.75, 3.05) is 5.32 Å². The molecule has 1 heterocycles. The molecule has 3 aromatic rings. The number of nitrogens with one attached hydrogen (secondary N) is 1. The molecule has 1 atom stereocenters. The van der Waals surface area contributed by atoms with Gasteiger partial charge in [0.1, 0.15) is 35.1 Å². The second kappa shape index (κ2) is 6.50. The molecular formula is C18H14F2N4. The highest BCUT2D eigenvalue weighted by Gasteiger charge is 2.20. The molecule has 0 fully saturated rings. The van der Waals surface area contributed by atoms with Gasteiger partial charge in [0, 0.05) is 19.4 Å². The molecule has 0 saturated carbocycles. The molecule has 120 valence electrons. The molecule has 1 N–H and O–H groups in total. The smallest absolute Gasteiger partial charge is 0.143 e. The highest BCUT2D eigenvalue weighted by molar-refractivity contribution is 5.59. The fraction of sp³-hybridized carbons (Fsp3) is 0.111. The zero-order chi connectivity index (χ0) is 17.1. The van der Waals surface area contributed by atoms with Crippen LogP contribution >= 0.6 is 0 Å². The number of aromatic nitrogens is 2. The molecule has 0 unspecified atom stereocenters. The number of anilines is 1. The van der Waals surface area contributed by atoms with E-state index in [1.165, 1.54) is 24.3 Å². The third-order valence-electron chi connectivity index (χ3n) is 3.75. The Balaban J connectivity index is 2.07. The summed E-state index contributed by atoms with van der Waals surface area (Å²) in [4.78, 5) is 4.32. The van der Waals surface area contributed by atoms with Crippen LogP contribution in [-0.4, -0.2) is 9.55 Å². The number of benzene rings is 2. The molecule has 0 spiro atoms. The van der Waals surface area contributed by atoms with Crippen molar-refractivity contribution in [3.05, 3.63) is 83.4 Å². The monoisotopic (exact) mass is 324 g/mol. The minimum Gasteiger partial charge on any atom is -0.370 e. The lowest BCUT2D eigenvalue weighted by molar-refractivity contribution is 0.623. The summed E-state index contributed by atoms with van der Waals surface area (Å²) in [7, 11) is 1.83. The maximum atomic E-state index is 13.8. The molecule has 0 aliphatic carbocycles. The largest absolute Gasteiger partial charge is 0.370 e. The van der Waals surface area contributed by atoms with Gasteiger partial charge in [-0.25, -0.2) is 13.8 Å². The molecule has 3 rings (SSSR count). The topological polar surface area (TPSA) is 53.6 Å². The van der Waals surface area contributed by atoms with E-state index in [9.17, 15) is 14.0 Å². The van der Waals surface area contributed by atoms with E-state index in [1.807, 2.05) is 17.7 Å². The van der Waals surface area contributed by atoms with E-state index in [2.05, 4.69) is 10.3 Å². The molecule has 0 aliphatic heterocycles. The average molecular weight is 324 g/mol. The fourth-order valence-corrected chi connectivity index (χ4v) is 2.52. The first-order chi connectivity index (χ1) is 11.6. The zero-order valence-corrected chi connectivity index (χ0v) is 12.9. The Bertz CT molecular complexity index is 894. The minimum atomic E-state index is -0.597. The zero-order valence-electron chi connectivity index (χ0n) is 12.9. The van der Waals surface area contributed by atoms with Crippen molar-refractivity contribution >= 4 is 5.69 Å². The van der Waals surface area contributed by atoms with Gasteiger partial charge in [-0.2, -0.15) is 5.26 Å². The van der Waals surface area contributed by atoms with Crippen LogP contribution in [0.25, 0.3) is 0 Å². The summed E-state index contributed by atoms with van der Waals surface area (Å²) in [5, 5.41) is 12.4. The summed E-state index contributed by atoms with van der Waals surface area (Å²) in [6, 6.07) is 11.8. The van der Waals surface area contributed by atoms with Crippen molar-refractivity contribution in [2.45, 2.75) is 6.04 Å². The number of halogens is 2. The standard InChI is InChI=1S/C18H14F2N4/c1-24-10-9-22-18(24)17(12-5-7-13(19)8-6-12)23-16-4-2-3-15(20)14(16)11-21/h2-10,17,23H,1H3/t17-/m0/s1. The average Bonchev–Trinajstić information content (AvgIpc) is 2.99. The van der Waals surface area contributed by atoms with Gasteiger partial charge in [0.25, 0.3) is 0 Å². The first-order valence-electron chi connectivity index (χ1n) is 7.28. The van der Waals surface area contributed by atoms with Gasteiger partial charge < -0.3 is 9.88 Å². The molecule has 0 saturated heterocycles. The normalized spacial score (nSPS) is 11.8. The van der Waals surface area contributed by atoms with Crippen LogP contribution in [0.4, 0.5) is 14.5 Å². The Morgan fingerprint density at radius 1 is 1.17 bits per heavy atom. The molecule has 0 amide bonds. The maximum absolute atomic E-state index is 13.8. The Morgan fingerprint density at radius 3 is 2.54 bits per heavy atom. The van der Waals surface area contributed by atoms with Crippen molar-refractivity contribution in [2.24, 2.45) is 7.05 Å². The lowest BCUT2D eigenvalue weighted by Gasteiger charge is -2.21. The summed E-state index contributed by atoms with van der Waals surface area (Å²) in [6.45, 7) is 0. The summed E-state index contributed by atoms with van der Waals surface area (Å²) in [5.74, 6) is -0.282. The van der Waals surface area contributed by atoms with Gasteiger partial charge >= 0.3 is 0 Å². The van der Waals surface area contributed by atoms with Gasteiger partial charge in [-0.15, -0.1) is 0 Å². The van der Waals surface area contributed by atoms with Crippen molar-refractivity contribution < 1.29 is 8.78 Å². The van der Waals surface area contributed by atoms with Crippen LogP contribution in [0.1, 0.15) is 23.0 Å². The third kappa shape index (κ3) is 2.97. The van der Waals surface area contributed by atoms with Gasteiger partial charge in [-0.1, -0.05) is 18.2 Å². The van der Waals surface area contributed by atoms with Crippen LogP contribution in [0, 0.1) is 23.0 Å². The Kier molecular flexibility index (Phi) is 4.25. The predicted molar refractivity (Wildman–Crippen MR) is 86.2 cm³/mol. The molecule has 2 aromatic carbocycles. The number of aryl methyl sites for hydroxylation is 1. The van der Waals surface area contributed by atoms with E-state index < -0.39 is 11.9 Å².